The Hall–Kier alpha value is -0.600. The first-order valence-corrected chi connectivity index (χ1v) is 3.45. The van der Waals surface area contributed by atoms with Gasteiger partial charge in [0.25, 0.3) is 0 Å². The molecule has 0 heterocycles. The van der Waals surface area contributed by atoms with Crippen LogP contribution in [0.4, 0.5) is 8.78 Å². The molecule has 0 saturated heterocycles. The van der Waals surface area contributed by atoms with Gasteiger partial charge in [0, 0.05) is 5.41 Å². The third-order valence-corrected chi connectivity index (χ3v) is 1.24. The third kappa shape index (κ3) is 3.35. The molecule has 0 aromatic carbocycles. The van der Waals surface area contributed by atoms with E-state index in [1.165, 1.54) is 6.92 Å². The van der Waals surface area contributed by atoms with E-state index in [2.05, 4.69) is 4.74 Å². The fourth-order valence-corrected chi connectivity index (χ4v) is 0.673. The monoisotopic (exact) mass is 164 g/mol. The first-order chi connectivity index (χ1) is 4.89. The van der Waals surface area contributed by atoms with Crippen molar-refractivity contribution >= 4 is 0 Å². The second kappa shape index (κ2) is 3.69. The Balaban J connectivity index is 4.39. The second-order valence-corrected chi connectivity index (χ2v) is 3.37. The number of hydrogen-bond donors (Lipinski definition) is 0. The van der Waals surface area contributed by atoms with Crippen LogP contribution >= 0.6 is 0 Å². The van der Waals surface area contributed by atoms with Crippen LogP contribution in [0.3, 0.4) is 0 Å². The van der Waals surface area contributed by atoms with Crippen molar-refractivity contribution in [2.45, 2.75) is 27.7 Å². The van der Waals surface area contributed by atoms with Gasteiger partial charge in [0.05, 0.1) is 0 Å². The summed E-state index contributed by atoms with van der Waals surface area (Å²) in [7, 11) is 0. The maximum atomic E-state index is 13.1. The molecule has 66 valence electrons. The van der Waals surface area contributed by atoms with E-state index in [-0.39, 0.29) is 5.76 Å². The Morgan fingerprint density at radius 3 is 2.09 bits per heavy atom. The maximum Gasteiger partial charge on any atom is 0.228 e. The van der Waals surface area contributed by atoms with Gasteiger partial charge in [0.2, 0.25) is 6.86 Å². The molecule has 0 amide bonds. The lowest BCUT2D eigenvalue weighted by Gasteiger charge is -2.17. The minimum atomic E-state index is -0.977. The highest BCUT2D eigenvalue weighted by Gasteiger charge is 2.20. The van der Waals surface area contributed by atoms with E-state index in [9.17, 15) is 8.78 Å². The zero-order valence-electron chi connectivity index (χ0n) is 7.37. The number of hydrogen-bond acceptors (Lipinski definition) is 1. The standard InChI is InChI=1S/C8H14F2O/c1-6(11-5-9)7(10)8(2,3)4/h5H2,1-4H3/b7-6-. The van der Waals surface area contributed by atoms with Crippen LogP contribution in [-0.4, -0.2) is 6.86 Å². The number of rotatable bonds is 2. The Kier molecular flexibility index (Phi) is 3.49. The topological polar surface area (TPSA) is 9.23 Å². The van der Waals surface area contributed by atoms with Gasteiger partial charge in [0.15, 0.2) is 0 Å². The number of alkyl halides is 1. The molecular formula is C8H14F2O. The highest BCUT2D eigenvalue weighted by atomic mass is 19.1. The Labute approximate surface area is 66.0 Å². The largest absolute Gasteiger partial charge is 0.465 e. The zero-order chi connectivity index (χ0) is 9.07. The molecule has 0 saturated carbocycles. The summed E-state index contributed by atoms with van der Waals surface area (Å²) in [6.45, 7) is 5.55. The predicted octanol–water partition coefficient (Wildman–Crippen LogP) is 3.18. The van der Waals surface area contributed by atoms with Crippen LogP contribution in [0, 0.1) is 5.41 Å². The van der Waals surface area contributed by atoms with Crippen molar-refractivity contribution in [3.8, 4) is 0 Å². The van der Waals surface area contributed by atoms with E-state index >= 15 is 0 Å². The molecule has 0 unspecified atom stereocenters. The van der Waals surface area contributed by atoms with Crippen LogP contribution in [0.5, 0.6) is 0 Å². The lowest BCUT2D eigenvalue weighted by atomic mass is 9.94. The average Bonchev–Trinajstić information content (AvgIpc) is 1.85. The van der Waals surface area contributed by atoms with Crippen LogP contribution in [-0.2, 0) is 4.74 Å². The summed E-state index contributed by atoms with van der Waals surface area (Å²) >= 11 is 0. The van der Waals surface area contributed by atoms with Gasteiger partial charge in [-0.1, -0.05) is 20.8 Å². The van der Waals surface area contributed by atoms with Crippen molar-refractivity contribution in [1.29, 1.82) is 0 Å². The molecule has 0 aromatic rings. The SMILES string of the molecule is C/C(OCF)=C(/F)C(C)(C)C. The summed E-state index contributed by atoms with van der Waals surface area (Å²) in [5.74, 6) is -0.379. The van der Waals surface area contributed by atoms with E-state index in [1.807, 2.05) is 0 Å². The Bertz CT molecular complexity index is 156. The lowest BCUT2D eigenvalue weighted by Crippen LogP contribution is -2.08. The molecule has 3 heteroatoms. The van der Waals surface area contributed by atoms with Gasteiger partial charge in [-0.05, 0) is 6.92 Å². The van der Waals surface area contributed by atoms with Gasteiger partial charge < -0.3 is 4.74 Å². The quantitative estimate of drug-likeness (QED) is 0.569. The molecule has 0 aliphatic heterocycles. The summed E-state index contributed by atoms with van der Waals surface area (Å²) in [5, 5.41) is 0. The fraction of sp³-hybridized carbons (Fsp3) is 0.750. The van der Waals surface area contributed by atoms with Gasteiger partial charge in [-0.3, -0.25) is 0 Å². The average molecular weight is 164 g/mol. The predicted molar refractivity (Wildman–Crippen MR) is 40.3 cm³/mol. The summed E-state index contributed by atoms with van der Waals surface area (Å²) in [6.07, 6.45) is 0. The van der Waals surface area contributed by atoms with E-state index in [0.29, 0.717) is 0 Å². The molecule has 0 aliphatic carbocycles. The number of allylic oxidation sites excluding steroid dienone is 2. The van der Waals surface area contributed by atoms with Gasteiger partial charge in [-0.15, -0.1) is 0 Å². The summed E-state index contributed by atoms with van der Waals surface area (Å²) in [6, 6.07) is 0. The molecule has 0 bridgehead atoms. The van der Waals surface area contributed by atoms with Crippen molar-refractivity contribution in [3.63, 3.8) is 0 Å². The molecule has 0 spiro atoms. The summed E-state index contributed by atoms with van der Waals surface area (Å²) < 4.78 is 29.0. The summed E-state index contributed by atoms with van der Waals surface area (Å²) in [5.41, 5.74) is -0.598. The van der Waals surface area contributed by atoms with Gasteiger partial charge in [-0.2, -0.15) is 0 Å². The first-order valence-electron chi connectivity index (χ1n) is 3.45. The Morgan fingerprint density at radius 2 is 1.82 bits per heavy atom. The molecular weight excluding hydrogens is 150 g/mol. The van der Waals surface area contributed by atoms with Crippen LogP contribution in [0.2, 0.25) is 0 Å². The minimum Gasteiger partial charge on any atom is -0.465 e. The van der Waals surface area contributed by atoms with Crippen molar-refractivity contribution in [2.24, 2.45) is 5.41 Å². The fourth-order valence-electron chi connectivity index (χ4n) is 0.673. The zero-order valence-corrected chi connectivity index (χ0v) is 7.37. The van der Waals surface area contributed by atoms with Crippen molar-refractivity contribution in [1.82, 2.24) is 0 Å². The van der Waals surface area contributed by atoms with Crippen LogP contribution in [0.1, 0.15) is 27.7 Å². The normalized spacial score (nSPS) is 14.4. The molecule has 0 fully saturated rings. The molecule has 0 radical (unpaired) electrons. The molecule has 0 rings (SSSR count). The molecule has 0 N–H and O–H groups in total. The maximum absolute atomic E-state index is 13.1. The van der Waals surface area contributed by atoms with E-state index in [0.717, 1.165) is 0 Å². The molecule has 11 heavy (non-hydrogen) atoms. The number of halogens is 2. The van der Waals surface area contributed by atoms with E-state index in [1.54, 1.807) is 20.8 Å². The molecule has 0 aliphatic rings. The lowest BCUT2D eigenvalue weighted by molar-refractivity contribution is 0.105. The highest BCUT2D eigenvalue weighted by Crippen LogP contribution is 2.29. The van der Waals surface area contributed by atoms with Crippen LogP contribution < -0.4 is 0 Å². The van der Waals surface area contributed by atoms with Crippen molar-refractivity contribution in [2.75, 3.05) is 6.86 Å². The van der Waals surface area contributed by atoms with Crippen LogP contribution in [0.15, 0.2) is 11.6 Å². The van der Waals surface area contributed by atoms with Gasteiger partial charge >= 0.3 is 0 Å². The first kappa shape index (κ1) is 10.4. The van der Waals surface area contributed by atoms with Crippen molar-refractivity contribution in [3.05, 3.63) is 11.6 Å². The van der Waals surface area contributed by atoms with E-state index < -0.39 is 18.1 Å². The minimum absolute atomic E-state index is 0.0278. The smallest absolute Gasteiger partial charge is 0.228 e. The number of ether oxygens (including phenoxy) is 1. The second-order valence-electron chi connectivity index (χ2n) is 3.37. The molecule has 1 nitrogen and oxygen atoms in total. The Morgan fingerprint density at radius 1 is 1.36 bits per heavy atom. The molecule has 0 aromatic heterocycles. The van der Waals surface area contributed by atoms with Gasteiger partial charge in [0.1, 0.15) is 11.6 Å². The summed E-state index contributed by atoms with van der Waals surface area (Å²) in [4.78, 5) is 0. The van der Waals surface area contributed by atoms with Crippen LogP contribution in [0.25, 0.3) is 0 Å². The van der Waals surface area contributed by atoms with E-state index in [4.69, 9.17) is 0 Å². The van der Waals surface area contributed by atoms with Crippen molar-refractivity contribution < 1.29 is 13.5 Å². The molecule has 0 atom stereocenters. The van der Waals surface area contributed by atoms with Gasteiger partial charge in [-0.25, -0.2) is 8.78 Å². The highest BCUT2D eigenvalue weighted by molar-refractivity contribution is 5.05. The third-order valence-electron chi connectivity index (χ3n) is 1.24.